The number of pyridine rings is 1. The molecule has 4 nitrogen and oxygen atoms in total. The first-order valence-corrected chi connectivity index (χ1v) is 6.20. The normalized spacial score (nSPS) is 11.1. The summed E-state index contributed by atoms with van der Waals surface area (Å²) in [6.45, 7) is 3.95. The van der Waals surface area contributed by atoms with E-state index in [1.165, 1.54) is 5.56 Å². The summed E-state index contributed by atoms with van der Waals surface area (Å²) in [4.78, 5) is 12.2. The van der Waals surface area contributed by atoms with Gasteiger partial charge in [-0.05, 0) is 43.2 Å². The van der Waals surface area contributed by atoms with Crippen LogP contribution in [-0.4, -0.2) is 20.1 Å². The highest BCUT2D eigenvalue weighted by Crippen LogP contribution is 2.23. The number of rotatable bonds is 2. The van der Waals surface area contributed by atoms with Crippen LogP contribution in [0, 0.1) is 13.8 Å². The maximum absolute atomic E-state index is 9.44. The topological polar surface area (TPSA) is 61.8 Å². The maximum Gasteiger partial charge on any atom is 0.157 e. The Kier molecular flexibility index (Phi) is 2.80. The van der Waals surface area contributed by atoms with Crippen molar-refractivity contribution >= 4 is 11.0 Å². The summed E-state index contributed by atoms with van der Waals surface area (Å²) in [6.07, 6.45) is 1.78. The van der Waals surface area contributed by atoms with E-state index >= 15 is 0 Å². The smallest absolute Gasteiger partial charge is 0.157 e. The number of aliphatic hydroxyl groups excluding tert-OH is 1. The summed E-state index contributed by atoms with van der Waals surface area (Å²) in [5.74, 6) is 0.699. The highest BCUT2D eigenvalue weighted by atomic mass is 16.3. The number of H-pyrrole nitrogens is 1. The molecule has 0 saturated carbocycles. The third kappa shape index (κ3) is 2.11. The van der Waals surface area contributed by atoms with Crippen molar-refractivity contribution in [2.75, 3.05) is 0 Å². The lowest BCUT2D eigenvalue weighted by atomic mass is 10.1. The molecule has 3 rings (SSSR count). The summed E-state index contributed by atoms with van der Waals surface area (Å²) in [5.41, 5.74) is 5.59. The molecular weight excluding hydrogens is 238 g/mol. The van der Waals surface area contributed by atoms with Gasteiger partial charge in [-0.3, -0.25) is 4.98 Å². The number of hydrogen-bond donors (Lipinski definition) is 2. The zero-order valence-corrected chi connectivity index (χ0v) is 10.9. The van der Waals surface area contributed by atoms with Gasteiger partial charge in [-0.1, -0.05) is 6.07 Å². The Morgan fingerprint density at radius 2 is 2.00 bits per heavy atom. The van der Waals surface area contributed by atoms with Crippen LogP contribution < -0.4 is 0 Å². The minimum Gasteiger partial charge on any atom is -0.392 e. The molecule has 1 aromatic carbocycles. The van der Waals surface area contributed by atoms with Crippen molar-refractivity contribution in [3.63, 3.8) is 0 Å². The van der Waals surface area contributed by atoms with Crippen LogP contribution in [0.4, 0.5) is 0 Å². The number of aryl methyl sites for hydroxylation is 2. The van der Waals surface area contributed by atoms with Crippen molar-refractivity contribution in [2.24, 2.45) is 0 Å². The van der Waals surface area contributed by atoms with Crippen molar-refractivity contribution < 1.29 is 5.11 Å². The van der Waals surface area contributed by atoms with Crippen molar-refractivity contribution in [3.05, 3.63) is 47.2 Å². The minimum absolute atomic E-state index is 0.0416. The van der Waals surface area contributed by atoms with Gasteiger partial charge < -0.3 is 10.1 Å². The monoisotopic (exact) mass is 253 g/mol. The number of nitrogens with zero attached hydrogens (tertiary/aromatic N) is 2. The fourth-order valence-corrected chi connectivity index (χ4v) is 2.19. The Bertz CT molecular complexity index is 746. The Balaban J connectivity index is 2.18. The van der Waals surface area contributed by atoms with Crippen LogP contribution in [0.3, 0.4) is 0 Å². The Labute approximate surface area is 111 Å². The molecule has 96 valence electrons. The van der Waals surface area contributed by atoms with Crippen molar-refractivity contribution in [1.29, 1.82) is 0 Å². The summed E-state index contributed by atoms with van der Waals surface area (Å²) in [5, 5.41) is 9.44. The van der Waals surface area contributed by atoms with E-state index < -0.39 is 0 Å². The molecule has 0 fully saturated rings. The molecule has 19 heavy (non-hydrogen) atoms. The number of hydrogen-bond acceptors (Lipinski definition) is 3. The molecular formula is C15H15N3O. The van der Waals surface area contributed by atoms with Gasteiger partial charge in [-0.25, -0.2) is 4.98 Å². The third-order valence-electron chi connectivity index (χ3n) is 3.14. The highest BCUT2D eigenvalue weighted by Gasteiger charge is 2.11. The fourth-order valence-electron chi connectivity index (χ4n) is 2.19. The molecule has 0 spiro atoms. The average Bonchev–Trinajstić information content (AvgIpc) is 2.81. The predicted molar refractivity (Wildman–Crippen MR) is 74.7 cm³/mol. The van der Waals surface area contributed by atoms with E-state index in [1.807, 2.05) is 38.1 Å². The summed E-state index contributed by atoms with van der Waals surface area (Å²) in [7, 11) is 0. The Morgan fingerprint density at radius 1 is 1.16 bits per heavy atom. The number of benzene rings is 1. The van der Waals surface area contributed by atoms with Crippen molar-refractivity contribution in [3.8, 4) is 11.5 Å². The van der Waals surface area contributed by atoms with Crippen LogP contribution in [0.15, 0.2) is 30.5 Å². The fraction of sp³-hybridized carbons (Fsp3) is 0.200. The second kappa shape index (κ2) is 4.48. The molecule has 0 aliphatic rings. The molecule has 0 unspecified atom stereocenters. The summed E-state index contributed by atoms with van der Waals surface area (Å²) in [6, 6.07) is 8.01. The first kappa shape index (κ1) is 11.9. The molecule has 0 aliphatic carbocycles. The molecule has 2 aromatic heterocycles. The molecule has 3 aromatic rings. The van der Waals surface area contributed by atoms with Gasteiger partial charge in [-0.2, -0.15) is 0 Å². The Morgan fingerprint density at radius 3 is 2.79 bits per heavy atom. The van der Waals surface area contributed by atoms with Crippen LogP contribution in [-0.2, 0) is 6.61 Å². The van der Waals surface area contributed by atoms with E-state index in [0.29, 0.717) is 11.5 Å². The molecule has 0 amide bonds. The molecule has 4 heteroatoms. The number of nitrogens with one attached hydrogen (secondary N) is 1. The molecule has 0 saturated heterocycles. The van der Waals surface area contributed by atoms with Crippen LogP contribution in [0.2, 0.25) is 0 Å². The molecule has 0 radical (unpaired) electrons. The third-order valence-corrected chi connectivity index (χ3v) is 3.14. The van der Waals surface area contributed by atoms with Gasteiger partial charge in [0.2, 0.25) is 0 Å². The average molecular weight is 253 g/mol. The number of aromatic amines is 1. The van der Waals surface area contributed by atoms with E-state index in [4.69, 9.17) is 0 Å². The van der Waals surface area contributed by atoms with Gasteiger partial charge in [0.1, 0.15) is 5.69 Å². The molecule has 0 bridgehead atoms. The van der Waals surface area contributed by atoms with Gasteiger partial charge in [0, 0.05) is 11.8 Å². The quantitative estimate of drug-likeness (QED) is 0.738. The second-order valence-corrected chi connectivity index (χ2v) is 4.78. The lowest BCUT2D eigenvalue weighted by Crippen LogP contribution is -1.95. The van der Waals surface area contributed by atoms with Crippen molar-refractivity contribution in [2.45, 2.75) is 20.5 Å². The van der Waals surface area contributed by atoms with E-state index in [-0.39, 0.29) is 6.61 Å². The van der Waals surface area contributed by atoms with Crippen molar-refractivity contribution in [1.82, 2.24) is 15.0 Å². The molecule has 2 N–H and O–H groups in total. The number of aromatic nitrogens is 3. The van der Waals surface area contributed by atoms with E-state index in [9.17, 15) is 5.11 Å². The largest absolute Gasteiger partial charge is 0.392 e. The van der Waals surface area contributed by atoms with Gasteiger partial charge in [0.05, 0.1) is 17.6 Å². The number of imidazole rings is 1. The maximum atomic E-state index is 9.44. The van der Waals surface area contributed by atoms with Gasteiger partial charge >= 0.3 is 0 Å². The van der Waals surface area contributed by atoms with Gasteiger partial charge in [0.25, 0.3) is 0 Å². The minimum atomic E-state index is -0.0416. The standard InChI is InChI=1S/C15H15N3O/c1-9-3-4-12-13(6-9)18-15(17-12)14-11(8-19)5-10(2)7-16-14/h3-7,19H,8H2,1-2H3,(H,17,18). The molecule has 0 aliphatic heterocycles. The Hall–Kier alpha value is -2.20. The van der Waals surface area contributed by atoms with Crippen LogP contribution in [0.5, 0.6) is 0 Å². The van der Waals surface area contributed by atoms with Gasteiger partial charge in [-0.15, -0.1) is 0 Å². The van der Waals surface area contributed by atoms with E-state index in [1.54, 1.807) is 6.20 Å². The van der Waals surface area contributed by atoms with Crippen LogP contribution in [0.25, 0.3) is 22.6 Å². The number of fused-ring (bicyclic) bond motifs is 1. The zero-order valence-electron chi connectivity index (χ0n) is 10.9. The second-order valence-electron chi connectivity index (χ2n) is 4.78. The summed E-state index contributed by atoms with van der Waals surface area (Å²) >= 11 is 0. The molecule has 2 heterocycles. The lowest BCUT2D eigenvalue weighted by molar-refractivity contribution is 0.282. The van der Waals surface area contributed by atoms with E-state index in [2.05, 4.69) is 15.0 Å². The highest BCUT2D eigenvalue weighted by molar-refractivity contribution is 5.79. The first-order chi connectivity index (χ1) is 9.17. The SMILES string of the molecule is Cc1cnc(-c2nc3cc(C)ccc3[nH]2)c(CO)c1. The summed E-state index contributed by atoms with van der Waals surface area (Å²) < 4.78 is 0. The van der Waals surface area contributed by atoms with Crippen LogP contribution in [0.1, 0.15) is 16.7 Å². The lowest BCUT2D eigenvalue weighted by Gasteiger charge is -2.04. The molecule has 0 atom stereocenters. The first-order valence-electron chi connectivity index (χ1n) is 6.20. The zero-order chi connectivity index (χ0) is 13.4. The predicted octanol–water partition coefficient (Wildman–Crippen LogP) is 2.73. The van der Waals surface area contributed by atoms with Gasteiger partial charge in [0.15, 0.2) is 5.82 Å². The van der Waals surface area contributed by atoms with Crippen LogP contribution >= 0.6 is 0 Å². The number of aliphatic hydroxyl groups is 1. The van der Waals surface area contributed by atoms with E-state index in [0.717, 1.165) is 22.2 Å².